The van der Waals surface area contributed by atoms with Crippen LogP contribution < -0.4 is 14.4 Å². The molecular formula is C18H19NO3S. The molecule has 1 aliphatic rings. The monoisotopic (exact) mass is 329 g/mol. The lowest BCUT2D eigenvalue weighted by Gasteiger charge is -2.23. The zero-order valence-corrected chi connectivity index (χ0v) is 14.1. The van der Waals surface area contributed by atoms with Crippen molar-refractivity contribution >= 4 is 23.4 Å². The molecule has 5 heteroatoms. The average molecular weight is 329 g/mol. The summed E-state index contributed by atoms with van der Waals surface area (Å²) in [5.41, 5.74) is 1.58. The number of nitrogens with zero attached hydrogens (tertiary/aromatic N) is 1. The van der Waals surface area contributed by atoms with Gasteiger partial charge in [-0.25, -0.2) is 0 Å². The standard InChI is InChI=1S/C18H19NO3S/c1-21-15-9-8-13(12-16(15)22-2)18(20)19-10-5-11-23-17-7-4-3-6-14(17)19/h3-4,6-9,12H,5,10-11H2,1-2H3. The van der Waals surface area contributed by atoms with Gasteiger partial charge in [-0.1, -0.05) is 12.1 Å². The lowest BCUT2D eigenvalue weighted by Crippen LogP contribution is -2.31. The van der Waals surface area contributed by atoms with Crippen LogP contribution in [0.25, 0.3) is 0 Å². The van der Waals surface area contributed by atoms with E-state index in [1.165, 1.54) is 0 Å². The van der Waals surface area contributed by atoms with Crippen LogP contribution in [0.15, 0.2) is 47.4 Å². The maximum atomic E-state index is 13.0. The number of amides is 1. The Morgan fingerprint density at radius 1 is 1.09 bits per heavy atom. The van der Waals surface area contributed by atoms with E-state index in [9.17, 15) is 4.79 Å². The van der Waals surface area contributed by atoms with Crippen molar-refractivity contribution in [2.24, 2.45) is 0 Å². The molecule has 120 valence electrons. The molecule has 0 aromatic heterocycles. The van der Waals surface area contributed by atoms with E-state index in [1.807, 2.05) is 23.1 Å². The second-order valence-electron chi connectivity index (χ2n) is 5.20. The molecule has 1 aliphatic heterocycles. The Balaban J connectivity index is 1.97. The summed E-state index contributed by atoms with van der Waals surface area (Å²) in [6.45, 7) is 0.719. The number of thioether (sulfide) groups is 1. The summed E-state index contributed by atoms with van der Waals surface area (Å²) in [7, 11) is 3.16. The number of hydrogen-bond donors (Lipinski definition) is 0. The van der Waals surface area contributed by atoms with Crippen LogP contribution in [0.2, 0.25) is 0 Å². The first-order valence-electron chi connectivity index (χ1n) is 7.50. The minimum Gasteiger partial charge on any atom is -0.493 e. The molecule has 4 nitrogen and oxygen atoms in total. The van der Waals surface area contributed by atoms with Crippen LogP contribution in [0, 0.1) is 0 Å². The number of fused-ring (bicyclic) bond motifs is 1. The Bertz CT molecular complexity index is 717. The molecule has 0 radical (unpaired) electrons. The number of methoxy groups -OCH3 is 2. The van der Waals surface area contributed by atoms with Crippen molar-refractivity contribution < 1.29 is 14.3 Å². The molecule has 2 aromatic carbocycles. The zero-order valence-electron chi connectivity index (χ0n) is 13.2. The van der Waals surface area contributed by atoms with Gasteiger partial charge in [0.25, 0.3) is 5.91 Å². The third-order valence-electron chi connectivity index (χ3n) is 3.82. The van der Waals surface area contributed by atoms with Gasteiger partial charge in [0.1, 0.15) is 0 Å². The summed E-state index contributed by atoms with van der Waals surface area (Å²) in [5, 5.41) is 0. The second kappa shape index (κ2) is 6.96. The number of rotatable bonds is 3. The van der Waals surface area contributed by atoms with E-state index in [2.05, 4.69) is 6.07 Å². The van der Waals surface area contributed by atoms with Crippen LogP contribution in [-0.4, -0.2) is 32.4 Å². The first-order chi connectivity index (χ1) is 11.2. The number of anilines is 1. The maximum Gasteiger partial charge on any atom is 0.258 e. The summed E-state index contributed by atoms with van der Waals surface area (Å²) in [6, 6.07) is 13.3. The van der Waals surface area contributed by atoms with E-state index in [4.69, 9.17) is 9.47 Å². The highest BCUT2D eigenvalue weighted by Crippen LogP contribution is 2.35. The molecule has 0 spiro atoms. The average Bonchev–Trinajstić information content (AvgIpc) is 2.83. The Hall–Kier alpha value is -2.14. The second-order valence-corrected chi connectivity index (χ2v) is 6.33. The van der Waals surface area contributed by atoms with Crippen LogP contribution in [-0.2, 0) is 0 Å². The summed E-state index contributed by atoms with van der Waals surface area (Å²) in [4.78, 5) is 16.0. The highest BCUT2D eigenvalue weighted by molar-refractivity contribution is 7.99. The number of ether oxygens (including phenoxy) is 2. The fourth-order valence-electron chi connectivity index (χ4n) is 2.66. The van der Waals surface area contributed by atoms with Crippen molar-refractivity contribution in [3.05, 3.63) is 48.0 Å². The molecule has 0 saturated heterocycles. The van der Waals surface area contributed by atoms with Gasteiger partial charge in [-0.2, -0.15) is 0 Å². The SMILES string of the molecule is COc1ccc(C(=O)N2CCCSc3ccccc32)cc1OC. The van der Waals surface area contributed by atoms with E-state index in [1.54, 1.807) is 44.2 Å². The third kappa shape index (κ3) is 3.15. The molecule has 0 N–H and O–H groups in total. The molecule has 0 fully saturated rings. The Morgan fingerprint density at radius 3 is 2.65 bits per heavy atom. The number of carbonyl (C=O) groups excluding carboxylic acids is 1. The number of hydrogen-bond acceptors (Lipinski definition) is 4. The van der Waals surface area contributed by atoms with Crippen LogP contribution in [0.4, 0.5) is 5.69 Å². The van der Waals surface area contributed by atoms with Crippen molar-refractivity contribution in [1.29, 1.82) is 0 Å². The Kier molecular flexibility index (Phi) is 4.76. The first-order valence-corrected chi connectivity index (χ1v) is 8.49. The minimum atomic E-state index is -0.0131. The van der Waals surface area contributed by atoms with Gasteiger partial charge < -0.3 is 14.4 Å². The fourth-order valence-corrected chi connectivity index (χ4v) is 3.66. The van der Waals surface area contributed by atoms with Crippen LogP contribution >= 0.6 is 11.8 Å². The number of para-hydroxylation sites is 1. The third-order valence-corrected chi connectivity index (χ3v) is 4.96. The molecule has 0 bridgehead atoms. The minimum absolute atomic E-state index is 0.0131. The van der Waals surface area contributed by atoms with E-state index in [0.717, 1.165) is 29.3 Å². The summed E-state index contributed by atoms with van der Waals surface area (Å²) in [5.74, 6) is 2.19. The van der Waals surface area contributed by atoms with E-state index >= 15 is 0 Å². The smallest absolute Gasteiger partial charge is 0.258 e. The van der Waals surface area contributed by atoms with Crippen molar-refractivity contribution in [2.45, 2.75) is 11.3 Å². The zero-order chi connectivity index (χ0) is 16.2. The first kappa shape index (κ1) is 15.7. The fraction of sp³-hybridized carbons (Fsp3) is 0.278. The van der Waals surface area contributed by atoms with Gasteiger partial charge in [0.05, 0.1) is 19.9 Å². The molecule has 23 heavy (non-hydrogen) atoms. The highest BCUT2D eigenvalue weighted by Gasteiger charge is 2.23. The summed E-state index contributed by atoms with van der Waals surface area (Å²) >= 11 is 1.80. The van der Waals surface area contributed by atoms with E-state index in [-0.39, 0.29) is 5.91 Å². The molecule has 0 atom stereocenters. The largest absolute Gasteiger partial charge is 0.493 e. The van der Waals surface area contributed by atoms with Crippen LogP contribution in [0.5, 0.6) is 11.5 Å². The number of benzene rings is 2. The van der Waals surface area contributed by atoms with E-state index < -0.39 is 0 Å². The molecule has 1 amide bonds. The lowest BCUT2D eigenvalue weighted by molar-refractivity contribution is 0.0986. The van der Waals surface area contributed by atoms with Crippen molar-refractivity contribution in [3.8, 4) is 11.5 Å². The predicted octanol–water partition coefficient (Wildman–Crippen LogP) is 3.85. The van der Waals surface area contributed by atoms with E-state index in [0.29, 0.717) is 17.1 Å². The van der Waals surface area contributed by atoms with Crippen molar-refractivity contribution in [2.75, 3.05) is 31.4 Å². The van der Waals surface area contributed by atoms with Gasteiger partial charge in [0.15, 0.2) is 11.5 Å². The maximum absolute atomic E-state index is 13.0. The highest BCUT2D eigenvalue weighted by atomic mass is 32.2. The van der Waals surface area contributed by atoms with Crippen LogP contribution in [0.1, 0.15) is 16.8 Å². The molecule has 3 rings (SSSR count). The summed E-state index contributed by atoms with van der Waals surface area (Å²) in [6.07, 6.45) is 0.971. The normalized spacial score (nSPS) is 13.9. The van der Waals surface area contributed by atoms with Gasteiger partial charge in [-0.3, -0.25) is 4.79 Å². The van der Waals surface area contributed by atoms with Crippen molar-refractivity contribution in [1.82, 2.24) is 0 Å². The van der Waals surface area contributed by atoms with Crippen LogP contribution in [0.3, 0.4) is 0 Å². The molecular weight excluding hydrogens is 310 g/mol. The van der Waals surface area contributed by atoms with Gasteiger partial charge in [-0.05, 0) is 42.5 Å². The summed E-state index contributed by atoms with van der Waals surface area (Å²) < 4.78 is 10.5. The molecule has 1 heterocycles. The Morgan fingerprint density at radius 2 is 1.87 bits per heavy atom. The van der Waals surface area contributed by atoms with Gasteiger partial charge >= 0.3 is 0 Å². The van der Waals surface area contributed by atoms with Gasteiger partial charge in [-0.15, -0.1) is 11.8 Å². The van der Waals surface area contributed by atoms with Gasteiger partial charge in [0.2, 0.25) is 0 Å². The van der Waals surface area contributed by atoms with Crippen molar-refractivity contribution in [3.63, 3.8) is 0 Å². The molecule has 2 aromatic rings. The molecule has 0 aliphatic carbocycles. The molecule has 0 unspecified atom stereocenters. The molecule has 0 saturated carbocycles. The number of carbonyl (C=O) groups is 1. The van der Waals surface area contributed by atoms with Gasteiger partial charge in [0, 0.05) is 17.0 Å². The topological polar surface area (TPSA) is 38.8 Å². The quantitative estimate of drug-likeness (QED) is 0.857. The lowest BCUT2D eigenvalue weighted by atomic mass is 10.1. The predicted molar refractivity (Wildman–Crippen MR) is 93.0 cm³/mol. The Labute approximate surface area is 140 Å².